The highest BCUT2D eigenvalue weighted by Gasteiger charge is 2.20. The normalized spacial score (nSPS) is 14.4. The zero-order chi connectivity index (χ0) is 16.4. The highest BCUT2D eigenvalue weighted by molar-refractivity contribution is 5.58. The van der Waals surface area contributed by atoms with E-state index in [9.17, 15) is 0 Å². The zero-order valence-corrected chi connectivity index (χ0v) is 13.7. The average molecular weight is 320 g/mol. The van der Waals surface area contributed by atoms with Gasteiger partial charge in [-0.3, -0.25) is 9.88 Å². The summed E-state index contributed by atoms with van der Waals surface area (Å²) in [6.07, 6.45) is 5.66. The van der Waals surface area contributed by atoms with Crippen LogP contribution < -0.4 is 4.74 Å². The molecule has 24 heavy (non-hydrogen) atoms. The molecule has 0 spiro atoms. The van der Waals surface area contributed by atoms with E-state index in [0.29, 0.717) is 0 Å². The number of hydrogen-bond acceptors (Lipinski definition) is 4. The van der Waals surface area contributed by atoms with Gasteiger partial charge in [-0.05, 0) is 29.8 Å². The molecule has 3 heterocycles. The Morgan fingerprint density at radius 3 is 2.71 bits per heavy atom. The van der Waals surface area contributed by atoms with Crippen molar-refractivity contribution in [3.05, 3.63) is 66.4 Å². The first kappa shape index (κ1) is 14.9. The smallest absolute Gasteiger partial charge is 0.123 e. The van der Waals surface area contributed by atoms with Crippen molar-refractivity contribution >= 4 is 0 Å². The van der Waals surface area contributed by atoms with Gasteiger partial charge < -0.3 is 9.30 Å². The molecule has 0 amide bonds. The molecule has 4 rings (SSSR count). The van der Waals surface area contributed by atoms with Crippen LogP contribution in [0.5, 0.6) is 5.75 Å². The molecule has 1 aliphatic heterocycles. The number of imidazole rings is 1. The lowest BCUT2D eigenvalue weighted by molar-refractivity contribution is 0.209. The van der Waals surface area contributed by atoms with Gasteiger partial charge in [-0.25, -0.2) is 4.98 Å². The van der Waals surface area contributed by atoms with Crippen LogP contribution in [0.1, 0.15) is 11.4 Å². The number of ether oxygens (including phenoxy) is 1. The van der Waals surface area contributed by atoms with Gasteiger partial charge in [0, 0.05) is 37.6 Å². The second-order valence-electron chi connectivity index (χ2n) is 6.01. The van der Waals surface area contributed by atoms with Gasteiger partial charge in [-0.1, -0.05) is 12.1 Å². The third-order valence-electron chi connectivity index (χ3n) is 4.47. The molecule has 2 aromatic heterocycles. The molecule has 122 valence electrons. The van der Waals surface area contributed by atoms with Gasteiger partial charge in [0.25, 0.3) is 0 Å². The van der Waals surface area contributed by atoms with Crippen molar-refractivity contribution in [1.82, 2.24) is 19.4 Å². The predicted molar refractivity (Wildman–Crippen MR) is 92.6 cm³/mol. The fourth-order valence-corrected chi connectivity index (χ4v) is 3.18. The Labute approximate surface area is 141 Å². The summed E-state index contributed by atoms with van der Waals surface area (Å²) >= 11 is 0. The van der Waals surface area contributed by atoms with Crippen LogP contribution in [0.4, 0.5) is 0 Å². The van der Waals surface area contributed by atoms with Gasteiger partial charge >= 0.3 is 0 Å². The molecule has 0 saturated heterocycles. The van der Waals surface area contributed by atoms with E-state index < -0.39 is 0 Å². The van der Waals surface area contributed by atoms with Crippen LogP contribution in [-0.4, -0.2) is 33.1 Å². The summed E-state index contributed by atoms with van der Waals surface area (Å²) < 4.78 is 7.53. The molecular formula is C19H20N4O. The molecule has 0 atom stereocenters. The number of fused-ring (bicyclic) bond motifs is 1. The van der Waals surface area contributed by atoms with E-state index in [4.69, 9.17) is 4.74 Å². The number of rotatable bonds is 4. The van der Waals surface area contributed by atoms with Crippen molar-refractivity contribution in [2.45, 2.75) is 19.6 Å². The average Bonchev–Trinajstić information content (AvgIpc) is 3.06. The maximum Gasteiger partial charge on any atom is 0.123 e. The molecule has 1 aliphatic rings. The lowest BCUT2D eigenvalue weighted by Gasteiger charge is -2.28. The summed E-state index contributed by atoms with van der Waals surface area (Å²) in [7, 11) is 1.69. The monoisotopic (exact) mass is 320 g/mol. The van der Waals surface area contributed by atoms with Crippen molar-refractivity contribution < 1.29 is 4.74 Å². The summed E-state index contributed by atoms with van der Waals surface area (Å²) in [6, 6.07) is 12.3. The lowest BCUT2D eigenvalue weighted by Crippen LogP contribution is -2.33. The predicted octanol–water partition coefficient (Wildman–Crippen LogP) is 2.97. The molecule has 1 aromatic carbocycles. The first-order chi connectivity index (χ1) is 11.8. The third-order valence-corrected chi connectivity index (χ3v) is 4.47. The quantitative estimate of drug-likeness (QED) is 0.741. The second kappa shape index (κ2) is 6.45. The summed E-state index contributed by atoms with van der Waals surface area (Å²) in [4.78, 5) is 11.3. The van der Waals surface area contributed by atoms with Crippen LogP contribution >= 0.6 is 0 Å². The van der Waals surface area contributed by atoms with E-state index in [1.165, 1.54) is 5.56 Å². The summed E-state index contributed by atoms with van der Waals surface area (Å²) in [5.74, 6) is 2.02. The van der Waals surface area contributed by atoms with Gasteiger partial charge in [-0.2, -0.15) is 0 Å². The molecule has 0 N–H and O–H groups in total. The fraction of sp³-hybridized carbons (Fsp3) is 0.263. The number of pyridine rings is 1. The van der Waals surface area contributed by atoms with Crippen molar-refractivity contribution in [2.75, 3.05) is 13.7 Å². The molecule has 5 heteroatoms. The maximum atomic E-state index is 5.22. The largest absolute Gasteiger partial charge is 0.497 e. The van der Waals surface area contributed by atoms with E-state index in [0.717, 1.165) is 49.0 Å². The molecule has 5 nitrogen and oxygen atoms in total. The highest BCUT2D eigenvalue weighted by atomic mass is 16.5. The summed E-state index contributed by atoms with van der Waals surface area (Å²) in [6.45, 7) is 3.77. The molecule has 0 bridgehead atoms. The first-order valence-corrected chi connectivity index (χ1v) is 8.13. The van der Waals surface area contributed by atoms with Crippen LogP contribution in [0.2, 0.25) is 0 Å². The molecule has 0 saturated carbocycles. The Morgan fingerprint density at radius 2 is 1.96 bits per heavy atom. The van der Waals surface area contributed by atoms with Crippen molar-refractivity contribution in [3.8, 4) is 17.0 Å². The molecule has 0 unspecified atom stereocenters. The SMILES string of the molecule is COc1ccc(CN2CCn3c(-c4cccnc4)cnc3C2)cc1. The molecule has 3 aromatic rings. The van der Waals surface area contributed by atoms with Gasteiger partial charge in [0.15, 0.2) is 0 Å². The van der Waals surface area contributed by atoms with E-state index in [2.05, 4.69) is 37.6 Å². The van der Waals surface area contributed by atoms with Crippen molar-refractivity contribution in [2.24, 2.45) is 0 Å². The maximum absolute atomic E-state index is 5.22. The second-order valence-corrected chi connectivity index (χ2v) is 6.01. The number of methoxy groups -OCH3 is 1. The zero-order valence-electron chi connectivity index (χ0n) is 13.7. The third kappa shape index (κ3) is 2.90. The molecule has 0 aliphatic carbocycles. The topological polar surface area (TPSA) is 43.2 Å². The van der Waals surface area contributed by atoms with Crippen LogP contribution in [-0.2, 0) is 19.6 Å². The van der Waals surface area contributed by atoms with E-state index >= 15 is 0 Å². The Morgan fingerprint density at radius 1 is 1.08 bits per heavy atom. The van der Waals surface area contributed by atoms with Gasteiger partial charge in [0.2, 0.25) is 0 Å². The number of benzene rings is 1. The minimum atomic E-state index is 0.867. The summed E-state index contributed by atoms with van der Waals surface area (Å²) in [5.41, 5.74) is 3.57. The van der Waals surface area contributed by atoms with Crippen molar-refractivity contribution in [1.29, 1.82) is 0 Å². The Balaban J connectivity index is 1.49. The number of aromatic nitrogens is 3. The van der Waals surface area contributed by atoms with E-state index in [1.54, 1.807) is 13.3 Å². The van der Waals surface area contributed by atoms with Gasteiger partial charge in [-0.15, -0.1) is 0 Å². The van der Waals surface area contributed by atoms with Crippen molar-refractivity contribution in [3.63, 3.8) is 0 Å². The van der Waals surface area contributed by atoms with Crippen LogP contribution in [0.15, 0.2) is 55.0 Å². The summed E-state index contributed by atoms with van der Waals surface area (Å²) in [5, 5.41) is 0. The molecule has 0 radical (unpaired) electrons. The number of nitrogens with zero attached hydrogens (tertiary/aromatic N) is 4. The Bertz CT molecular complexity index is 811. The van der Waals surface area contributed by atoms with Crippen LogP contribution in [0.25, 0.3) is 11.3 Å². The van der Waals surface area contributed by atoms with Gasteiger partial charge in [0.05, 0.1) is 25.5 Å². The molecule has 0 fully saturated rings. The number of hydrogen-bond donors (Lipinski definition) is 0. The highest BCUT2D eigenvalue weighted by Crippen LogP contribution is 2.24. The standard InChI is InChI=1S/C19H20N4O/c1-24-17-6-4-15(5-7-17)13-22-9-10-23-18(12-21-19(23)14-22)16-3-2-8-20-11-16/h2-8,11-12H,9-10,13-14H2,1H3. The van der Waals surface area contributed by atoms with Crippen LogP contribution in [0, 0.1) is 0 Å². The molecular weight excluding hydrogens is 300 g/mol. The van der Waals surface area contributed by atoms with Gasteiger partial charge in [0.1, 0.15) is 11.6 Å². The van der Waals surface area contributed by atoms with E-state index in [1.807, 2.05) is 30.6 Å². The lowest BCUT2D eigenvalue weighted by atomic mass is 10.2. The van der Waals surface area contributed by atoms with Crippen LogP contribution in [0.3, 0.4) is 0 Å². The minimum absolute atomic E-state index is 0.867. The fourth-order valence-electron chi connectivity index (χ4n) is 3.18. The minimum Gasteiger partial charge on any atom is -0.497 e. The Kier molecular flexibility index (Phi) is 4.01. The van der Waals surface area contributed by atoms with E-state index in [-0.39, 0.29) is 0 Å². The first-order valence-electron chi connectivity index (χ1n) is 8.13. The Hall–Kier alpha value is -2.66.